The predicted octanol–water partition coefficient (Wildman–Crippen LogP) is 3.44. The van der Waals surface area contributed by atoms with Crippen molar-refractivity contribution in [3.05, 3.63) is 92.8 Å². The quantitative estimate of drug-likeness (QED) is 0.280. The molecule has 1 aliphatic heterocycles. The zero-order valence-corrected chi connectivity index (χ0v) is 22.5. The Morgan fingerprint density at radius 3 is 2.31 bits per heavy atom. The predicted molar refractivity (Wildman–Crippen MR) is 142 cm³/mol. The van der Waals surface area contributed by atoms with Gasteiger partial charge in [0, 0.05) is 17.3 Å². The molecule has 1 atom stereocenters. The molecule has 0 bridgehead atoms. The van der Waals surface area contributed by atoms with Gasteiger partial charge in [0.2, 0.25) is 0 Å². The monoisotopic (exact) mass is 556 g/mol. The van der Waals surface area contributed by atoms with Crippen LogP contribution in [0.15, 0.2) is 71.1 Å². The number of aromatic carboxylic acids is 1. The Morgan fingerprint density at radius 2 is 1.67 bits per heavy atom. The first-order chi connectivity index (χ1) is 18.7. The molecule has 0 aliphatic carbocycles. The van der Waals surface area contributed by atoms with Crippen LogP contribution >= 0.6 is 11.6 Å². The third-order valence-electron chi connectivity index (χ3n) is 5.94. The van der Waals surface area contributed by atoms with Crippen molar-refractivity contribution in [3.8, 4) is 0 Å². The van der Waals surface area contributed by atoms with Crippen LogP contribution in [0.25, 0.3) is 0 Å². The Bertz CT molecular complexity index is 1330. The summed E-state index contributed by atoms with van der Waals surface area (Å²) in [5, 5.41) is 15.3. The van der Waals surface area contributed by atoms with Gasteiger partial charge >= 0.3 is 17.9 Å². The van der Waals surface area contributed by atoms with Crippen molar-refractivity contribution >= 4 is 35.4 Å². The zero-order chi connectivity index (χ0) is 28.5. The molecule has 1 heterocycles. The number of esters is 2. The molecule has 10 nitrogen and oxygen atoms in total. The van der Waals surface area contributed by atoms with Gasteiger partial charge in [-0.3, -0.25) is 4.79 Å². The fourth-order valence-electron chi connectivity index (χ4n) is 4.23. The average Bonchev–Trinajstić information content (AvgIpc) is 2.92. The molecular weight excluding hydrogens is 528 g/mol. The molecule has 0 aromatic heterocycles. The number of benzene rings is 2. The number of carboxylic acids is 1. The number of hydrogen-bond acceptors (Lipinski definition) is 8. The van der Waals surface area contributed by atoms with Gasteiger partial charge in [-0.25, -0.2) is 14.4 Å². The first-order valence-electron chi connectivity index (χ1n) is 12.1. The number of nitrogens with one attached hydrogen (secondary N) is 2. The second kappa shape index (κ2) is 13.6. The van der Waals surface area contributed by atoms with Gasteiger partial charge in [-0.1, -0.05) is 41.9 Å². The minimum Gasteiger partial charge on any atom is -0.478 e. The molecule has 1 amide bonds. The fraction of sp³-hybridized carbons (Fsp3) is 0.286. The van der Waals surface area contributed by atoms with E-state index in [0.717, 1.165) is 0 Å². The number of allylic oxidation sites excluding steroid dienone is 1. The Kier molecular flexibility index (Phi) is 10.2. The van der Waals surface area contributed by atoms with E-state index in [9.17, 15) is 24.3 Å². The molecule has 39 heavy (non-hydrogen) atoms. The summed E-state index contributed by atoms with van der Waals surface area (Å²) in [6.45, 7) is 3.49. The van der Waals surface area contributed by atoms with Gasteiger partial charge < -0.3 is 30.0 Å². The molecule has 3 rings (SSSR count). The van der Waals surface area contributed by atoms with E-state index in [4.69, 9.17) is 25.8 Å². The molecule has 2 aromatic rings. The molecule has 1 aliphatic rings. The molecule has 11 heteroatoms. The van der Waals surface area contributed by atoms with Crippen molar-refractivity contribution in [2.45, 2.75) is 19.8 Å². The highest BCUT2D eigenvalue weighted by Crippen LogP contribution is 2.41. The third kappa shape index (κ3) is 6.84. The van der Waals surface area contributed by atoms with E-state index in [-0.39, 0.29) is 48.6 Å². The summed E-state index contributed by atoms with van der Waals surface area (Å²) in [5.74, 6) is -3.92. The molecule has 3 N–H and O–H groups in total. The summed E-state index contributed by atoms with van der Waals surface area (Å²) in [5.41, 5.74) is 1.62. The Morgan fingerprint density at radius 1 is 1.00 bits per heavy atom. The van der Waals surface area contributed by atoms with Crippen molar-refractivity contribution in [2.24, 2.45) is 0 Å². The van der Waals surface area contributed by atoms with Gasteiger partial charge in [0.25, 0.3) is 5.91 Å². The molecule has 1 unspecified atom stereocenters. The number of carbonyl (C=O) groups is 4. The fourth-order valence-corrected chi connectivity index (χ4v) is 4.48. The SMILES string of the molecule is CCOC(=O)C1=C(COCCNC(=O)c2ccccc2C(=O)O)NC(C)=C(C(=O)OC)C1c1ccccc1Cl. The number of methoxy groups -OCH3 is 1. The summed E-state index contributed by atoms with van der Waals surface area (Å²) < 4.78 is 16.1. The Labute approximate surface area is 230 Å². The highest BCUT2D eigenvalue weighted by atomic mass is 35.5. The van der Waals surface area contributed by atoms with E-state index in [0.29, 0.717) is 22.0 Å². The maximum absolute atomic E-state index is 13.2. The van der Waals surface area contributed by atoms with Crippen LogP contribution in [-0.4, -0.2) is 62.4 Å². The first kappa shape index (κ1) is 29.4. The van der Waals surface area contributed by atoms with Crippen LogP contribution in [0.3, 0.4) is 0 Å². The van der Waals surface area contributed by atoms with Gasteiger partial charge in [0.05, 0.1) is 60.8 Å². The van der Waals surface area contributed by atoms with E-state index in [1.807, 2.05) is 0 Å². The van der Waals surface area contributed by atoms with Gasteiger partial charge in [0.15, 0.2) is 0 Å². The first-order valence-corrected chi connectivity index (χ1v) is 12.5. The molecule has 2 aromatic carbocycles. The number of dihydropyridines is 1. The summed E-state index contributed by atoms with van der Waals surface area (Å²) in [4.78, 5) is 49.8. The van der Waals surface area contributed by atoms with Crippen LogP contribution in [0, 0.1) is 0 Å². The highest BCUT2D eigenvalue weighted by molar-refractivity contribution is 6.31. The topological polar surface area (TPSA) is 140 Å². The summed E-state index contributed by atoms with van der Waals surface area (Å²) in [6.07, 6.45) is 0. The zero-order valence-electron chi connectivity index (χ0n) is 21.7. The number of amides is 1. The number of halogens is 1. The minimum absolute atomic E-state index is 0.0323. The lowest BCUT2D eigenvalue weighted by atomic mass is 9.80. The third-order valence-corrected chi connectivity index (χ3v) is 6.29. The summed E-state index contributed by atoms with van der Waals surface area (Å²) in [6, 6.07) is 12.7. The second-order valence-corrected chi connectivity index (χ2v) is 8.79. The van der Waals surface area contributed by atoms with Crippen LogP contribution in [0.4, 0.5) is 0 Å². The largest absolute Gasteiger partial charge is 0.478 e. The number of rotatable bonds is 11. The maximum Gasteiger partial charge on any atom is 0.336 e. The van der Waals surface area contributed by atoms with Gasteiger partial charge in [-0.15, -0.1) is 0 Å². The lowest BCUT2D eigenvalue weighted by Gasteiger charge is -2.31. The van der Waals surface area contributed by atoms with E-state index in [1.165, 1.54) is 25.3 Å². The lowest BCUT2D eigenvalue weighted by Crippen LogP contribution is -2.35. The molecule has 206 valence electrons. The van der Waals surface area contributed by atoms with Gasteiger partial charge in [-0.05, 0) is 37.6 Å². The molecule has 0 saturated carbocycles. The van der Waals surface area contributed by atoms with Crippen LogP contribution < -0.4 is 10.6 Å². The molecule has 0 fully saturated rings. The van der Waals surface area contributed by atoms with Crippen molar-refractivity contribution in [1.29, 1.82) is 0 Å². The normalized spacial score (nSPS) is 14.9. The maximum atomic E-state index is 13.2. The van der Waals surface area contributed by atoms with E-state index in [1.54, 1.807) is 44.2 Å². The Balaban J connectivity index is 1.83. The van der Waals surface area contributed by atoms with E-state index >= 15 is 0 Å². The number of ether oxygens (including phenoxy) is 3. The lowest BCUT2D eigenvalue weighted by molar-refractivity contribution is -0.139. The number of carboxylic acid groups (broad SMARTS) is 1. The van der Waals surface area contributed by atoms with Gasteiger partial charge in [-0.2, -0.15) is 0 Å². The minimum atomic E-state index is -1.21. The van der Waals surface area contributed by atoms with Gasteiger partial charge in [0.1, 0.15) is 0 Å². The van der Waals surface area contributed by atoms with E-state index < -0.39 is 29.7 Å². The van der Waals surface area contributed by atoms with Crippen molar-refractivity contribution < 1.29 is 38.5 Å². The Hall–Kier alpha value is -4.15. The second-order valence-electron chi connectivity index (χ2n) is 8.38. The van der Waals surface area contributed by atoms with Crippen LogP contribution in [-0.2, 0) is 23.8 Å². The smallest absolute Gasteiger partial charge is 0.336 e. The average molecular weight is 557 g/mol. The molecule has 0 saturated heterocycles. The van der Waals surface area contributed by atoms with Crippen molar-refractivity contribution in [1.82, 2.24) is 10.6 Å². The molecule has 0 spiro atoms. The highest BCUT2D eigenvalue weighted by Gasteiger charge is 2.39. The summed E-state index contributed by atoms with van der Waals surface area (Å²) >= 11 is 6.49. The van der Waals surface area contributed by atoms with Crippen molar-refractivity contribution in [2.75, 3.05) is 33.5 Å². The molecule has 0 radical (unpaired) electrons. The number of carbonyl (C=O) groups excluding carboxylic acids is 3. The molecular formula is C28H29ClN2O8. The van der Waals surface area contributed by atoms with Crippen LogP contribution in [0.5, 0.6) is 0 Å². The van der Waals surface area contributed by atoms with Crippen LogP contribution in [0.2, 0.25) is 5.02 Å². The number of hydrogen-bond donors (Lipinski definition) is 3. The van der Waals surface area contributed by atoms with E-state index in [2.05, 4.69) is 10.6 Å². The van der Waals surface area contributed by atoms with Crippen molar-refractivity contribution in [3.63, 3.8) is 0 Å². The van der Waals surface area contributed by atoms with Crippen LogP contribution in [0.1, 0.15) is 46.0 Å². The standard InChI is InChI=1S/C28H29ClN2O8/c1-4-39-28(36)24-21(15-38-14-13-30-25(32)17-9-5-6-10-18(17)26(33)34)31-16(2)22(27(35)37-3)23(24)19-11-7-8-12-20(19)29/h5-12,23,31H,4,13-15H2,1-3H3,(H,30,32)(H,33,34). The summed E-state index contributed by atoms with van der Waals surface area (Å²) in [7, 11) is 1.25.